The van der Waals surface area contributed by atoms with Crippen LogP contribution in [0.5, 0.6) is 0 Å². The van der Waals surface area contributed by atoms with Crippen molar-refractivity contribution < 1.29 is 4.39 Å². The minimum atomic E-state index is -1.03. The van der Waals surface area contributed by atoms with Gasteiger partial charge < -0.3 is 0 Å². The predicted octanol–water partition coefficient (Wildman–Crippen LogP) is 2.09. The second-order valence-electron chi connectivity index (χ2n) is 2.23. The van der Waals surface area contributed by atoms with Gasteiger partial charge in [-0.1, -0.05) is 5.92 Å². The maximum Gasteiger partial charge on any atom is 0.139 e. The Morgan fingerprint density at radius 3 is 2.73 bits per heavy atom. The minimum Gasteiger partial charge on any atom is -0.257 e. The zero-order chi connectivity index (χ0) is 8.27. The summed E-state index contributed by atoms with van der Waals surface area (Å²) in [7, 11) is 0. The zero-order valence-electron chi connectivity index (χ0n) is 6.21. The highest BCUT2D eigenvalue weighted by molar-refractivity contribution is 5.30. The first kappa shape index (κ1) is 7.74. The molecule has 1 unspecified atom stereocenters. The molecule has 0 aliphatic carbocycles. The maximum atomic E-state index is 12.6. The van der Waals surface area contributed by atoms with Gasteiger partial charge >= 0.3 is 0 Å². The number of alkyl halides is 1. The molecule has 1 atom stereocenters. The zero-order valence-corrected chi connectivity index (χ0v) is 6.21. The molecule has 56 valence electrons. The van der Waals surface area contributed by atoms with Crippen LogP contribution in [0.1, 0.15) is 24.4 Å². The molecule has 1 heterocycles. The molecule has 0 saturated heterocycles. The van der Waals surface area contributed by atoms with Crippen LogP contribution in [0, 0.1) is 12.3 Å². The summed E-state index contributed by atoms with van der Waals surface area (Å²) in [6.45, 7) is 1.44. The number of hydrogen-bond donors (Lipinski definition) is 0. The van der Waals surface area contributed by atoms with Gasteiger partial charge in [-0.25, -0.2) is 4.39 Å². The van der Waals surface area contributed by atoms with Crippen LogP contribution in [0.25, 0.3) is 0 Å². The minimum absolute atomic E-state index is 0.420. The average Bonchev–Trinajstić information content (AvgIpc) is 2.05. The highest BCUT2D eigenvalue weighted by atomic mass is 19.1. The van der Waals surface area contributed by atoms with E-state index in [9.17, 15) is 4.39 Å². The van der Waals surface area contributed by atoms with E-state index in [-0.39, 0.29) is 0 Å². The van der Waals surface area contributed by atoms with Crippen LogP contribution in [0.2, 0.25) is 0 Å². The van der Waals surface area contributed by atoms with Gasteiger partial charge in [0.2, 0.25) is 0 Å². The number of rotatable bonds is 1. The Balaban J connectivity index is 2.94. The molecule has 1 aromatic rings. The monoisotopic (exact) mass is 149 g/mol. The lowest BCUT2D eigenvalue weighted by Gasteiger charge is -1.99. The van der Waals surface area contributed by atoms with E-state index >= 15 is 0 Å². The van der Waals surface area contributed by atoms with Gasteiger partial charge in [0.05, 0.1) is 5.69 Å². The lowest BCUT2D eigenvalue weighted by atomic mass is 10.2. The van der Waals surface area contributed by atoms with Crippen molar-refractivity contribution in [2.45, 2.75) is 13.1 Å². The van der Waals surface area contributed by atoms with Gasteiger partial charge in [0.25, 0.3) is 0 Å². The quantitative estimate of drug-likeness (QED) is 0.557. The first-order valence-electron chi connectivity index (χ1n) is 3.30. The third-order valence-corrected chi connectivity index (χ3v) is 1.36. The number of hydrogen-bond acceptors (Lipinski definition) is 1. The summed E-state index contributed by atoms with van der Waals surface area (Å²) in [5.74, 6) is 2.41. The van der Waals surface area contributed by atoms with Gasteiger partial charge in [-0.05, 0) is 19.1 Å². The number of pyridine rings is 1. The van der Waals surface area contributed by atoms with Crippen LogP contribution >= 0.6 is 0 Å². The Bertz CT molecular complexity index is 269. The molecule has 1 rings (SSSR count). The maximum absolute atomic E-state index is 12.6. The van der Waals surface area contributed by atoms with Crippen LogP contribution in [0.15, 0.2) is 18.3 Å². The highest BCUT2D eigenvalue weighted by Crippen LogP contribution is 2.12. The molecule has 0 N–H and O–H groups in total. The first-order chi connectivity index (χ1) is 5.24. The topological polar surface area (TPSA) is 12.9 Å². The van der Waals surface area contributed by atoms with E-state index in [4.69, 9.17) is 6.42 Å². The fraction of sp³-hybridized carbons (Fsp3) is 0.222. The van der Waals surface area contributed by atoms with Crippen molar-refractivity contribution >= 4 is 0 Å². The molecule has 0 amide bonds. The van der Waals surface area contributed by atoms with Gasteiger partial charge in [-0.2, -0.15) is 0 Å². The van der Waals surface area contributed by atoms with Crippen molar-refractivity contribution in [1.29, 1.82) is 0 Å². The van der Waals surface area contributed by atoms with Crippen molar-refractivity contribution in [3.8, 4) is 12.3 Å². The molecule has 0 spiro atoms. The van der Waals surface area contributed by atoms with Crippen LogP contribution < -0.4 is 0 Å². The first-order valence-corrected chi connectivity index (χ1v) is 3.30. The van der Waals surface area contributed by atoms with Crippen LogP contribution in [0.4, 0.5) is 4.39 Å². The van der Waals surface area contributed by atoms with Crippen LogP contribution in [0.3, 0.4) is 0 Å². The van der Waals surface area contributed by atoms with Gasteiger partial charge in [0.15, 0.2) is 0 Å². The van der Waals surface area contributed by atoms with E-state index in [0.29, 0.717) is 11.3 Å². The van der Waals surface area contributed by atoms with Crippen molar-refractivity contribution in [3.05, 3.63) is 29.6 Å². The van der Waals surface area contributed by atoms with E-state index in [0.717, 1.165) is 0 Å². The fourth-order valence-corrected chi connectivity index (χ4v) is 0.726. The molecule has 0 fully saturated rings. The van der Waals surface area contributed by atoms with E-state index in [1.165, 1.54) is 13.1 Å². The third kappa shape index (κ3) is 1.78. The van der Waals surface area contributed by atoms with E-state index < -0.39 is 6.17 Å². The Labute approximate surface area is 65.3 Å². The van der Waals surface area contributed by atoms with Crippen LogP contribution in [-0.2, 0) is 0 Å². The van der Waals surface area contributed by atoms with Gasteiger partial charge in [0, 0.05) is 11.8 Å². The summed E-state index contributed by atoms with van der Waals surface area (Å²) in [6, 6.07) is 3.28. The molecule has 0 radical (unpaired) electrons. The van der Waals surface area contributed by atoms with Crippen molar-refractivity contribution in [2.75, 3.05) is 0 Å². The number of halogens is 1. The van der Waals surface area contributed by atoms with E-state index in [1.807, 2.05) is 0 Å². The third-order valence-electron chi connectivity index (χ3n) is 1.36. The largest absolute Gasteiger partial charge is 0.257 e. The predicted molar refractivity (Wildman–Crippen MR) is 41.7 cm³/mol. The summed E-state index contributed by atoms with van der Waals surface area (Å²) >= 11 is 0. The van der Waals surface area contributed by atoms with E-state index in [1.54, 1.807) is 12.1 Å². The molecular weight excluding hydrogens is 141 g/mol. The normalized spacial score (nSPS) is 12.1. The summed E-state index contributed by atoms with van der Waals surface area (Å²) in [5.41, 5.74) is 1.10. The summed E-state index contributed by atoms with van der Waals surface area (Å²) in [4.78, 5) is 3.83. The molecule has 1 aromatic heterocycles. The lowest BCUT2D eigenvalue weighted by molar-refractivity contribution is 0.366. The summed E-state index contributed by atoms with van der Waals surface area (Å²) in [6.07, 6.45) is 5.56. The molecular formula is C9H8FN. The summed E-state index contributed by atoms with van der Waals surface area (Å²) < 4.78 is 12.6. The Morgan fingerprint density at radius 1 is 1.64 bits per heavy atom. The molecule has 0 saturated carbocycles. The summed E-state index contributed by atoms with van der Waals surface area (Å²) in [5, 5.41) is 0. The Kier molecular flexibility index (Phi) is 2.22. The SMILES string of the molecule is C#Cc1ccc(C(C)F)nc1. The smallest absolute Gasteiger partial charge is 0.139 e. The number of aromatic nitrogens is 1. The number of nitrogens with zero attached hydrogens (tertiary/aromatic N) is 1. The molecule has 0 bridgehead atoms. The highest BCUT2D eigenvalue weighted by Gasteiger charge is 2.02. The van der Waals surface area contributed by atoms with Gasteiger partial charge in [-0.15, -0.1) is 6.42 Å². The van der Waals surface area contributed by atoms with Crippen molar-refractivity contribution in [3.63, 3.8) is 0 Å². The molecule has 1 nitrogen and oxygen atoms in total. The number of terminal acetylenes is 1. The van der Waals surface area contributed by atoms with Crippen LogP contribution in [-0.4, -0.2) is 4.98 Å². The molecule has 2 heteroatoms. The molecule has 0 aliphatic rings. The molecule has 0 aromatic carbocycles. The molecule has 0 aliphatic heterocycles. The Hall–Kier alpha value is -1.36. The Morgan fingerprint density at radius 2 is 2.36 bits per heavy atom. The lowest BCUT2D eigenvalue weighted by Crippen LogP contribution is -1.90. The van der Waals surface area contributed by atoms with E-state index in [2.05, 4.69) is 10.9 Å². The van der Waals surface area contributed by atoms with Gasteiger partial charge in [0.1, 0.15) is 6.17 Å². The average molecular weight is 149 g/mol. The fourth-order valence-electron chi connectivity index (χ4n) is 0.726. The van der Waals surface area contributed by atoms with Crippen molar-refractivity contribution in [2.24, 2.45) is 0 Å². The van der Waals surface area contributed by atoms with Gasteiger partial charge in [-0.3, -0.25) is 4.98 Å². The second-order valence-corrected chi connectivity index (χ2v) is 2.23. The molecule has 11 heavy (non-hydrogen) atoms. The second kappa shape index (κ2) is 3.16. The standard InChI is InChI=1S/C9H8FN/c1-3-8-4-5-9(7(2)10)11-6-8/h1,4-7H,2H3. The van der Waals surface area contributed by atoms with Crippen molar-refractivity contribution in [1.82, 2.24) is 4.98 Å².